The maximum Gasteiger partial charge on any atom is 0.326 e. The summed E-state index contributed by atoms with van der Waals surface area (Å²) in [6.45, 7) is 0.0699. The molecule has 1 fully saturated rings. The molecule has 0 spiro atoms. The van der Waals surface area contributed by atoms with Crippen molar-refractivity contribution in [3.05, 3.63) is 0 Å². The number of carbonyl (C=O) groups excluding carboxylic acids is 1. The molecule has 61 valence electrons. The molecule has 0 aliphatic carbocycles. The van der Waals surface area contributed by atoms with Crippen molar-refractivity contribution < 1.29 is 19.8 Å². The number of hydrogen-bond donors (Lipinski definition) is 2. The van der Waals surface area contributed by atoms with Crippen LogP contribution in [0.1, 0.15) is 6.42 Å². The Hall–Kier alpha value is -1.10. The molecule has 2 N–H and O–H groups in total. The van der Waals surface area contributed by atoms with Gasteiger partial charge in [0.15, 0.2) is 0 Å². The van der Waals surface area contributed by atoms with E-state index < -0.39 is 18.1 Å². The number of carbonyl (C=O) groups is 1. The predicted octanol–water partition coefficient (Wildman–Crippen LogP) is -1.43. The average molecular weight is 158 g/mol. The van der Waals surface area contributed by atoms with Gasteiger partial charge in [0.25, 0.3) is 0 Å². The molecule has 1 amide bonds. The number of aliphatic carboxylic acids is 1. The lowest BCUT2D eigenvalue weighted by atomic mass is 10.2. The minimum atomic E-state index is -1.09. The predicted molar refractivity (Wildman–Crippen MR) is 34.4 cm³/mol. The molecule has 0 aromatic carbocycles. The molecule has 1 aliphatic heterocycles. The van der Waals surface area contributed by atoms with Gasteiger partial charge in [-0.3, -0.25) is 4.79 Å². The molecule has 2 atom stereocenters. The second-order valence-electron chi connectivity index (χ2n) is 2.49. The minimum absolute atomic E-state index is 0.0699. The van der Waals surface area contributed by atoms with E-state index in [1.165, 1.54) is 6.41 Å². The van der Waals surface area contributed by atoms with E-state index in [2.05, 4.69) is 0 Å². The first-order valence-corrected chi connectivity index (χ1v) is 3.20. The Morgan fingerprint density at radius 1 is 1.64 bits per heavy atom. The number of hydrogen-bond acceptors (Lipinski definition) is 3. The Morgan fingerprint density at radius 2 is 2.27 bits per heavy atom. The highest BCUT2D eigenvalue weighted by Crippen LogP contribution is 2.15. The first-order valence-electron chi connectivity index (χ1n) is 3.20. The van der Waals surface area contributed by atoms with Gasteiger partial charge in [-0.25, -0.2) is 4.79 Å². The number of aliphatic hydroxyl groups is 1. The third-order valence-corrected chi connectivity index (χ3v) is 1.68. The number of likely N-dealkylation sites (tertiary alicyclic amines) is 1. The van der Waals surface area contributed by atoms with E-state index in [-0.39, 0.29) is 13.0 Å². The SMILES string of the molecule is O=[C]N1CC(O)CC1C(=O)O. The Bertz CT molecular complexity index is 181. The summed E-state index contributed by atoms with van der Waals surface area (Å²) in [4.78, 5) is 21.4. The molecule has 1 rings (SSSR count). The number of β-amino-alcohol motifs (C(OH)–C–C–N with tert-alkyl or cyclic N) is 1. The van der Waals surface area contributed by atoms with Gasteiger partial charge in [-0.05, 0) is 0 Å². The number of carboxylic acids is 1. The molecule has 5 heteroatoms. The van der Waals surface area contributed by atoms with Crippen molar-refractivity contribution in [2.45, 2.75) is 18.6 Å². The summed E-state index contributed by atoms with van der Waals surface area (Å²) in [6, 6.07) is -0.900. The van der Waals surface area contributed by atoms with E-state index in [0.29, 0.717) is 0 Å². The summed E-state index contributed by atoms with van der Waals surface area (Å²) < 4.78 is 0. The van der Waals surface area contributed by atoms with Gasteiger partial charge in [0.05, 0.1) is 6.10 Å². The lowest BCUT2D eigenvalue weighted by Crippen LogP contribution is -2.34. The Kier molecular flexibility index (Phi) is 2.09. The Balaban J connectivity index is 2.64. The largest absolute Gasteiger partial charge is 0.480 e. The van der Waals surface area contributed by atoms with E-state index in [1.807, 2.05) is 0 Å². The molecule has 0 aromatic rings. The second kappa shape index (κ2) is 2.87. The van der Waals surface area contributed by atoms with Crippen molar-refractivity contribution >= 4 is 12.4 Å². The standard InChI is InChI=1S/C6H8NO4/c8-3-7-2-4(9)1-5(7)6(10)11/h4-5,9H,1-2H2,(H,10,11). The highest BCUT2D eigenvalue weighted by molar-refractivity contribution is 5.77. The summed E-state index contributed by atoms with van der Waals surface area (Å²) >= 11 is 0. The van der Waals surface area contributed by atoms with Gasteiger partial charge in [-0.15, -0.1) is 0 Å². The van der Waals surface area contributed by atoms with Crippen LogP contribution >= 0.6 is 0 Å². The summed E-state index contributed by atoms with van der Waals surface area (Å²) in [5.74, 6) is -1.09. The number of carboxylic acid groups (broad SMARTS) is 1. The lowest BCUT2D eigenvalue weighted by molar-refractivity contribution is -0.141. The molecule has 5 nitrogen and oxygen atoms in total. The summed E-state index contributed by atoms with van der Waals surface area (Å²) in [5, 5.41) is 17.5. The van der Waals surface area contributed by atoms with Gasteiger partial charge in [0.1, 0.15) is 6.04 Å². The second-order valence-corrected chi connectivity index (χ2v) is 2.49. The van der Waals surface area contributed by atoms with Crippen molar-refractivity contribution in [1.29, 1.82) is 0 Å². The van der Waals surface area contributed by atoms with Gasteiger partial charge in [-0.1, -0.05) is 0 Å². The molecular formula is C6H8NO4. The molecule has 0 saturated carbocycles. The third kappa shape index (κ3) is 1.48. The topological polar surface area (TPSA) is 77.8 Å². The maximum absolute atomic E-state index is 10.4. The number of amides is 1. The lowest BCUT2D eigenvalue weighted by Gasteiger charge is -2.12. The normalized spacial score (nSPS) is 30.5. The van der Waals surface area contributed by atoms with Gasteiger partial charge in [-0.2, -0.15) is 0 Å². The summed E-state index contributed by atoms with van der Waals surface area (Å²) in [6.07, 6.45) is 0.846. The fourth-order valence-corrected chi connectivity index (χ4v) is 1.15. The van der Waals surface area contributed by atoms with Crippen molar-refractivity contribution in [2.75, 3.05) is 6.54 Å². The third-order valence-electron chi connectivity index (χ3n) is 1.68. The van der Waals surface area contributed by atoms with Crippen molar-refractivity contribution in [3.8, 4) is 0 Å². The van der Waals surface area contributed by atoms with Crippen LogP contribution in [-0.2, 0) is 9.59 Å². The monoisotopic (exact) mass is 158 g/mol. The number of nitrogens with zero attached hydrogens (tertiary/aromatic N) is 1. The molecule has 0 bridgehead atoms. The van der Waals surface area contributed by atoms with Crippen LogP contribution in [0, 0.1) is 0 Å². The molecule has 1 saturated heterocycles. The first kappa shape index (κ1) is 8.00. The quantitative estimate of drug-likeness (QED) is 0.516. The number of aliphatic hydroxyl groups excluding tert-OH is 1. The van der Waals surface area contributed by atoms with Crippen LogP contribution in [0.5, 0.6) is 0 Å². The van der Waals surface area contributed by atoms with Crippen LogP contribution in [0.4, 0.5) is 0 Å². The van der Waals surface area contributed by atoms with Crippen LogP contribution in [-0.4, -0.2) is 46.2 Å². The Labute approximate surface area is 63.2 Å². The van der Waals surface area contributed by atoms with E-state index in [0.717, 1.165) is 4.90 Å². The fourth-order valence-electron chi connectivity index (χ4n) is 1.15. The van der Waals surface area contributed by atoms with E-state index in [4.69, 9.17) is 10.2 Å². The van der Waals surface area contributed by atoms with Crippen LogP contribution in [0.2, 0.25) is 0 Å². The zero-order valence-corrected chi connectivity index (χ0v) is 5.73. The molecule has 1 heterocycles. The van der Waals surface area contributed by atoms with E-state index >= 15 is 0 Å². The van der Waals surface area contributed by atoms with Gasteiger partial charge in [0, 0.05) is 13.0 Å². The molecule has 1 radical (unpaired) electrons. The molecule has 2 unspecified atom stereocenters. The van der Waals surface area contributed by atoms with Crippen molar-refractivity contribution in [3.63, 3.8) is 0 Å². The summed E-state index contributed by atoms with van der Waals surface area (Å²) in [5.41, 5.74) is 0. The van der Waals surface area contributed by atoms with Crippen LogP contribution in [0.25, 0.3) is 0 Å². The first-order chi connectivity index (χ1) is 5.15. The van der Waals surface area contributed by atoms with Crippen molar-refractivity contribution in [1.82, 2.24) is 4.90 Å². The van der Waals surface area contributed by atoms with Gasteiger partial charge >= 0.3 is 12.4 Å². The zero-order valence-electron chi connectivity index (χ0n) is 5.73. The van der Waals surface area contributed by atoms with Crippen LogP contribution in [0.15, 0.2) is 0 Å². The smallest absolute Gasteiger partial charge is 0.326 e. The van der Waals surface area contributed by atoms with Gasteiger partial charge in [0.2, 0.25) is 0 Å². The molecule has 11 heavy (non-hydrogen) atoms. The van der Waals surface area contributed by atoms with E-state index in [1.54, 1.807) is 0 Å². The van der Waals surface area contributed by atoms with Crippen molar-refractivity contribution in [2.24, 2.45) is 0 Å². The highest BCUT2D eigenvalue weighted by Gasteiger charge is 2.35. The molecule has 0 aromatic heterocycles. The molecular weight excluding hydrogens is 150 g/mol. The number of rotatable bonds is 2. The van der Waals surface area contributed by atoms with Crippen LogP contribution in [0.3, 0.4) is 0 Å². The van der Waals surface area contributed by atoms with Gasteiger partial charge < -0.3 is 15.1 Å². The fraction of sp³-hybridized carbons (Fsp3) is 0.667. The van der Waals surface area contributed by atoms with E-state index in [9.17, 15) is 9.59 Å². The Morgan fingerprint density at radius 3 is 2.64 bits per heavy atom. The summed E-state index contributed by atoms with van der Waals surface area (Å²) in [7, 11) is 0. The molecule has 1 aliphatic rings. The van der Waals surface area contributed by atoms with Crippen LogP contribution < -0.4 is 0 Å². The zero-order chi connectivity index (χ0) is 8.43. The maximum atomic E-state index is 10.4. The average Bonchev–Trinajstić information content (AvgIpc) is 2.30. The highest BCUT2D eigenvalue weighted by atomic mass is 16.4. The minimum Gasteiger partial charge on any atom is -0.480 e.